The maximum atomic E-state index is 13.1. The van der Waals surface area contributed by atoms with E-state index in [0.717, 1.165) is 4.31 Å². The summed E-state index contributed by atoms with van der Waals surface area (Å²) in [6.07, 6.45) is 3.14. The highest BCUT2D eigenvalue weighted by Gasteiger charge is 2.33. The molecule has 33 heavy (non-hydrogen) atoms. The number of carbonyl (C=O) groups is 1. The number of nitrogens with zero attached hydrogens (tertiary/aromatic N) is 3. The van der Waals surface area contributed by atoms with E-state index in [1.165, 1.54) is 48.6 Å². The van der Waals surface area contributed by atoms with Gasteiger partial charge >= 0.3 is 0 Å². The summed E-state index contributed by atoms with van der Waals surface area (Å²) in [5.41, 5.74) is 2.05. The summed E-state index contributed by atoms with van der Waals surface area (Å²) in [5.74, 6) is 0.750. The first-order valence-corrected chi connectivity index (χ1v) is 12.2. The largest absolute Gasteiger partial charge is 0.457 e. The molecule has 2 aromatic heterocycles. The SMILES string of the molecule is CN(C(CSCc1cc(CO)on1)C(=O)NO)S(=O)(=O)c1ccc(Oc2ccncc2)cc1. The number of hydrogen-bond acceptors (Lipinski definition) is 10. The smallest absolute Gasteiger partial charge is 0.262 e. The predicted octanol–water partition coefficient (Wildman–Crippen LogP) is 1.78. The maximum Gasteiger partial charge on any atom is 0.262 e. The minimum absolute atomic E-state index is 0.0344. The Kier molecular flexibility index (Phi) is 8.41. The van der Waals surface area contributed by atoms with E-state index in [1.54, 1.807) is 30.6 Å². The van der Waals surface area contributed by atoms with Crippen molar-refractivity contribution in [1.82, 2.24) is 19.9 Å². The van der Waals surface area contributed by atoms with Gasteiger partial charge in [0, 0.05) is 37.0 Å². The number of carbonyl (C=O) groups excluding carboxylic acids is 1. The Balaban J connectivity index is 1.69. The average molecular weight is 495 g/mol. The fourth-order valence-corrected chi connectivity index (χ4v) is 5.22. The third-order valence-electron chi connectivity index (χ3n) is 4.53. The molecule has 1 aromatic carbocycles. The number of aliphatic hydroxyl groups excluding tert-OH is 1. The highest BCUT2D eigenvalue weighted by molar-refractivity contribution is 7.98. The molecule has 3 aromatic rings. The van der Waals surface area contributed by atoms with Crippen LogP contribution in [0, 0.1) is 0 Å². The number of aliphatic hydroxyl groups is 1. The molecule has 13 heteroatoms. The number of sulfonamides is 1. The molecule has 0 radical (unpaired) electrons. The van der Waals surface area contributed by atoms with Gasteiger partial charge in [0.15, 0.2) is 5.76 Å². The van der Waals surface area contributed by atoms with Crippen molar-refractivity contribution < 1.29 is 32.8 Å². The lowest BCUT2D eigenvalue weighted by atomic mass is 10.3. The van der Waals surface area contributed by atoms with E-state index in [0.29, 0.717) is 28.7 Å². The number of ether oxygens (including phenoxy) is 1. The zero-order chi connectivity index (χ0) is 23.8. The molecule has 0 saturated heterocycles. The van der Waals surface area contributed by atoms with Gasteiger partial charge in [-0.1, -0.05) is 5.16 Å². The Morgan fingerprint density at radius 3 is 2.48 bits per heavy atom. The zero-order valence-electron chi connectivity index (χ0n) is 17.5. The molecular weight excluding hydrogens is 472 g/mol. The third kappa shape index (κ3) is 6.30. The number of hydrogen-bond donors (Lipinski definition) is 3. The monoisotopic (exact) mass is 494 g/mol. The van der Waals surface area contributed by atoms with Crippen molar-refractivity contribution in [1.29, 1.82) is 0 Å². The molecule has 2 heterocycles. The summed E-state index contributed by atoms with van der Waals surface area (Å²) in [4.78, 5) is 16.1. The summed E-state index contributed by atoms with van der Waals surface area (Å²) in [6, 6.07) is 9.44. The molecule has 0 aliphatic heterocycles. The van der Waals surface area contributed by atoms with Crippen molar-refractivity contribution in [2.45, 2.75) is 23.3 Å². The molecule has 0 aliphatic rings. The van der Waals surface area contributed by atoms with Crippen molar-refractivity contribution in [2.24, 2.45) is 0 Å². The zero-order valence-corrected chi connectivity index (χ0v) is 19.1. The van der Waals surface area contributed by atoms with Crippen LogP contribution in [0.1, 0.15) is 11.5 Å². The standard InChI is InChI=1S/C20H22N4O7S2/c1-24(19(20(26)22-27)13-32-12-14-10-17(11-25)31-23-14)33(28,29)18-4-2-15(3-5-18)30-16-6-8-21-9-7-16/h2-10,19,25,27H,11-13H2,1H3,(H,22,26). The molecule has 0 spiro atoms. The summed E-state index contributed by atoms with van der Waals surface area (Å²) in [7, 11) is -2.80. The van der Waals surface area contributed by atoms with Gasteiger partial charge in [0.2, 0.25) is 10.0 Å². The van der Waals surface area contributed by atoms with Gasteiger partial charge in [0.1, 0.15) is 24.1 Å². The number of aromatic nitrogens is 2. The minimum Gasteiger partial charge on any atom is -0.457 e. The van der Waals surface area contributed by atoms with Crippen molar-refractivity contribution in [2.75, 3.05) is 12.8 Å². The lowest BCUT2D eigenvalue weighted by Gasteiger charge is -2.25. The van der Waals surface area contributed by atoms with E-state index in [4.69, 9.17) is 19.6 Å². The lowest BCUT2D eigenvalue weighted by molar-refractivity contribution is -0.132. The molecule has 3 N–H and O–H groups in total. The third-order valence-corrected chi connectivity index (χ3v) is 7.46. The fraction of sp³-hybridized carbons (Fsp3) is 0.250. The van der Waals surface area contributed by atoms with Gasteiger partial charge in [-0.2, -0.15) is 16.1 Å². The van der Waals surface area contributed by atoms with Crippen LogP contribution in [0.15, 0.2) is 64.3 Å². The Morgan fingerprint density at radius 2 is 1.88 bits per heavy atom. The van der Waals surface area contributed by atoms with Gasteiger partial charge in [-0.25, -0.2) is 13.9 Å². The molecular formula is C20H22N4O7S2. The van der Waals surface area contributed by atoms with Crippen LogP contribution < -0.4 is 10.2 Å². The Morgan fingerprint density at radius 1 is 1.21 bits per heavy atom. The van der Waals surface area contributed by atoms with Gasteiger partial charge in [0.25, 0.3) is 5.91 Å². The van der Waals surface area contributed by atoms with Gasteiger partial charge in [0.05, 0.1) is 10.6 Å². The molecule has 1 amide bonds. The number of benzene rings is 1. The Bertz CT molecular complexity index is 1150. The number of amides is 1. The topological polar surface area (TPSA) is 155 Å². The maximum absolute atomic E-state index is 13.1. The van der Waals surface area contributed by atoms with Crippen LogP contribution in [0.2, 0.25) is 0 Å². The summed E-state index contributed by atoms with van der Waals surface area (Å²) in [6.45, 7) is -0.291. The first-order chi connectivity index (χ1) is 15.8. The normalized spacial score (nSPS) is 12.5. The van der Waals surface area contributed by atoms with Crippen LogP contribution >= 0.6 is 11.8 Å². The Labute approximate surface area is 194 Å². The second-order valence-electron chi connectivity index (χ2n) is 6.73. The first kappa shape index (κ1) is 24.7. The van der Waals surface area contributed by atoms with Crippen LogP contribution in [0.4, 0.5) is 0 Å². The number of rotatable bonds is 11. The highest BCUT2D eigenvalue weighted by atomic mass is 32.2. The quantitative estimate of drug-likeness (QED) is 0.265. The van der Waals surface area contributed by atoms with Gasteiger partial charge < -0.3 is 14.4 Å². The van der Waals surface area contributed by atoms with Gasteiger partial charge in [-0.15, -0.1) is 0 Å². The van der Waals surface area contributed by atoms with E-state index >= 15 is 0 Å². The average Bonchev–Trinajstić information content (AvgIpc) is 3.30. The van der Waals surface area contributed by atoms with E-state index in [2.05, 4.69) is 10.1 Å². The van der Waals surface area contributed by atoms with Crippen molar-refractivity contribution >= 4 is 27.7 Å². The van der Waals surface area contributed by atoms with Crippen molar-refractivity contribution in [3.8, 4) is 11.5 Å². The van der Waals surface area contributed by atoms with Crippen LogP contribution in [-0.4, -0.2) is 57.9 Å². The predicted molar refractivity (Wildman–Crippen MR) is 118 cm³/mol. The number of hydroxylamine groups is 1. The molecule has 0 fully saturated rings. The molecule has 0 bridgehead atoms. The number of thioether (sulfide) groups is 1. The molecule has 176 valence electrons. The van der Waals surface area contributed by atoms with Crippen molar-refractivity contribution in [3.05, 3.63) is 66.3 Å². The van der Waals surface area contributed by atoms with Crippen LogP contribution in [-0.2, 0) is 27.2 Å². The fourth-order valence-electron chi connectivity index (χ4n) is 2.75. The molecule has 11 nitrogen and oxygen atoms in total. The summed E-state index contributed by atoms with van der Waals surface area (Å²) >= 11 is 1.22. The lowest BCUT2D eigenvalue weighted by Crippen LogP contribution is -2.48. The van der Waals surface area contributed by atoms with Gasteiger partial charge in [-0.3, -0.25) is 15.0 Å². The van der Waals surface area contributed by atoms with E-state index in [1.807, 2.05) is 0 Å². The van der Waals surface area contributed by atoms with Crippen molar-refractivity contribution in [3.63, 3.8) is 0 Å². The number of nitrogens with one attached hydrogen (secondary N) is 1. The van der Waals surface area contributed by atoms with Gasteiger partial charge in [-0.05, 0) is 36.4 Å². The Hall–Kier alpha value is -2.97. The second-order valence-corrected chi connectivity index (χ2v) is 9.76. The minimum atomic E-state index is -4.06. The highest BCUT2D eigenvalue weighted by Crippen LogP contribution is 2.25. The van der Waals surface area contributed by atoms with E-state index < -0.39 is 22.0 Å². The van der Waals surface area contributed by atoms with E-state index in [9.17, 15) is 13.2 Å². The molecule has 0 saturated carbocycles. The summed E-state index contributed by atoms with van der Waals surface area (Å²) in [5, 5.41) is 21.9. The second kappa shape index (κ2) is 11.2. The molecule has 0 aliphatic carbocycles. The number of pyridine rings is 1. The van der Waals surface area contributed by atoms with Crippen LogP contribution in [0.5, 0.6) is 11.5 Å². The molecule has 3 rings (SSSR count). The van der Waals surface area contributed by atoms with Crippen LogP contribution in [0.25, 0.3) is 0 Å². The molecule has 1 unspecified atom stereocenters. The van der Waals surface area contributed by atoms with E-state index in [-0.39, 0.29) is 17.3 Å². The number of likely N-dealkylation sites (N-methyl/N-ethyl adjacent to an activating group) is 1. The first-order valence-electron chi connectivity index (χ1n) is 9.58. The summed E-state index contributed by atoms with van der Waals surface area (Å²) < 4.78 is 37.6. The van der Waals surface area contributed by atoms with Crippen LogP contribution in [0.3, 0.4) is 0 Å². The molecule has 1 atom stereocenters.